The van der Waals surface area contributed by atoms with Gasteiger partial charge in [-0.25, -0.2) is 4.79 Å². The molecular weight excluding hydrogens is 303 g/mol. The number of benzene rings is 1. The summed E-state index contributed by atoms with van der Waals surface area (Å²) in [6, 6.07) is 4.50. The summed E-state index contributed by atoms with van der Waals surface area (Å²) < 4.78 is 1.13. The minimum absolute atomic E-state index is 0.211. The fourth-order valence-electron chi connectivity index (χ4n) is 1.69. The summed E-state index contributed by atoms with van der Waals surface area (Å²) in [6.45, 7) is 1.34. The van der Waals surface area contributed by atoms with Crippen molar-refractivity contribution in [1.82, 2.24) is 9.55 Å². The van der Waals surface area contributed by atoms with Crippen molar-refractivity contribution in [2.75, 3.05) is 0 Å². The lowest BCUT2D eigenvalue weighted by atomic mass is 10.1. The summed E-state index contributed by atoms with van der Waals surface area (Å²) >= 11 is 11.7. The summed E-state index contributed by atoms with van der Waals surface area (Å²) in [5.41, 5.74) is -0.492. The molecule has 0 aliphatic heterocycles. The highest BCUT2D eigenvalue weighted by Crippen LogP contribution is 2.21. The van der Waals surface area contributed by atoms with Gasteiger partial charge in [0.2, 0.25) is 0 Å². The molecular formula is C13H10Cl2N2O3. The third-order valence-electron chi connectivity index (χ3n) is 2.73. The normalized spacial score (nSPS) is 10.6. The van der Waals surface area contributed by atoms with Crippen LogP contribution in [0.3, 0.4) is 0 Å². The average Bonchev–Trinajstić information content (AvgIpc) is 2.35. The number of halogens is 2. The Kier molecular flexibility index (Phi) is 4.11. The zero-order valence-corrected chi connectivity index (χ0v) is 12.0. The van der Waals surface area contributed by atoms with Crippen LogP contribution in [0.5, 0.6) is 0 Å². The number of aromatic nitrogens is 2. The quantitative estimate of drug-likeness (QED) is 0.881. The van der Waals surface area contributed by atoms with Crippen LogP contribution in [0.2, 0.25) is 10.0 Å². The number of H-pyrrole nitrogens is 1. The number of nitrogens with one attached hydrogen (secondary N) is 1. The number of carbonyl (C=O) groups excluding carboxylic acids is 1. The molecule has 0 amide bonds. The maximum atomic E-state index is 12.1. The summed E-state index contributed by atoms with van der Waals surface area (Å²) in [5.74, 6) is -0.347. The number of Topliss-reactive ketones (excluding diaryl/α,β-unsaturated/α-hetero) is 1. The van der Waals surface area contributed by atoms with E-state index < -0.39 is 11.2 Å². The molecule has 0 radical (unpaired) electrons. The van der Waals surface area contributed by atoms with Gasteiger partial charge in [-0.2, -0.15) is 0 Å². The van der Waals surface area contributed by atoms with Crippen LogP contribution in [0, 0.1) is 6.92 Å². The van der Waals surface area contributed by atoms with E-state index in [9.17, 15) is 14.4 Å². The zero-order valence-electron chi connectivity index (χ0n) is 10.4. The molecule has 5 nitrogen and oxygen atoms in total. The van der Waals surface area contributed by atoms with E-state index in [2.05, 4.69) is 4.98 Å². The van der Waals surface area contributed by atoms with Crippen LogP contribution in [0.25, 0.3) is 0 Å². The molecule has 1 heterocycles. The van der Waals surface area contributed by atoms with Crippen molar-refractivity contribution in [3.63, 3.8) is 0 Å². The highest BCUT2D eigenvalue weighted by atomic mass is 35.5. The smallest absolute Gasteiger partial charge is 0.293 e. The Morgan fingerprint density at radius 2 is 2.00 bits per heavy atom. The highest BCUT2D eigenvalue weighted by molar-refractivity contribution is 6.36. The van der Waals surface area contributed by atoms with Crippen LogP contribution in [0.15, 0.2) is 34.0 Å². The van der Waals surface area contributed by atoms with Crippen LogP contribution in [-0.4, -0.2) is 15.3 Å². The Balaban J connectivity index is 2.35. The summed E-state index contributed by atoms with van der Waals surface area (Å²) in [4.78, 5) is 37.1. The molecule has 1 N–H and O–H groups in total. The number of hydrogen-bond donors (Lipinski definition) is 1. The average molecular weight is 313 g/mol. The molecule has 104 valence electrons. The van der Waals surface area contributed by atoms with E-state index in [0.717, 1.165) is 4.57 Å². The Morgan fingerprint density at radius 1 is 1.30 bits per heavy atom. The molecule has 2 rings (SSSR count). The molecule has 0 saturated carbocycles. The number of carbonyl (C=O) groups is 1. The van der Waals surface area contributed by atoms with Gasteiger partial charge >= 0.3 is 5.69 Å². The van der Waals surface area contributed by atoms with Gasteiger partial charge in [-0.15, -0.1) is 0 Å². The van der Waals surface area contributed by atoms with Gasteiger partial charge in [-0.05, 0) is 25.1 Å². The lowest BCUT2D eigenvalue weighted by Crippen LogP contribution is -2.32. The molecule has 0 aliphatic carbocycles. The number of nitrogens with zero attached hydrogens (tertiary/aromatic N) is 1. The molecule has 2 aromatic rings. The second-order valence-corrected chi connectivity index (χ2v) is 5.09. The van der Waals surface area contributed by atoms with E-state index >= 15 is 0 Å². The van der Waals surface area contributed by atoms with Gasteiger partial charge in [0.25, 0.3) is 5.56 Å². The van der Waals surface area contributed by atoms with Crippen molar-refractivity contribution < 1.29 is 4.79 Å². The molecule has 7 heteroatoms. The predicted octanol–water partition coefficient (Wildman–Crippen LogP) is 2.03. The second kappa shape index (κ2) is 5.64. The topological polar surface area (TPSA) is 71.9 Å². The van der Waals surface area contributed by atoms with Crippen molar-refractivity contribution in [2.24, 2.45) is 0 Å². The number of hydrogen-bond acceptors (Lipinski definition) is 3. The number of ketones is 1. The van der Waals surface area contributed by atoms with Crippen LogP contribution in [-0.2, 0) is 6.54 Å². The van der Waals surface area contributed by atoms with E-state index in [-0.39, 0.29) is 22.9 Å². The Hall–Kier alpha value is -1.85. The molecule has 0 unspecified atom stereocenters. The summed E-state index contributed by atoms with van der Waals surface area (Å²) in [7, 11) is 0. The second-order valence-electron chi connectivity index (χ2n) is 4.25. The zero-order chi connectivity index (χ0) is 14.9. The van der Waals surface area contributed by atoms with Crippen molar-refractivity contribution in [1.29, 1.82) is 0 Å². The van der Waals surface area contributed by atoms with E-state index in [1.807, 2.05) is 0 Å². The third-order valence-corrected chi connectivity index (χ3v) is 3.28. The van der Waals surface area contributed by atoms with Gasteiger partial charge in [-0.3, -0.25) is 19.1 Å². The van der Waals surface area contributed by atoms with Crippen molar-refractivity contribution >= 4 is 29.0 Å². The minimum atomic E-state index is -0.640. The Morgan fingerprint density at radius 3 is 2.65 bits per heavy atom. The van der Waals surface area contributed by atoms with Gasteiger partial charge in [-0.1, -0.05) is 23.2 Å². The van der Waals surface area contributed by atoms with Crippen LogP contribution >= 0.6 is 23.2 Å². The van der Waals surface area contributed by atoms with Crippen LogP contribution in [0.1, 0.15) is 15.9 Å². The van der Waals surface area contributed by atoms with E-state index in [1.165, 1.54) is 18.3 Å². The fourth-order valence-corrected chi connectivity index (χ4v) is 2.21. The molecule has 0 aliphatic rings. The van der Waals surface area contributed by atoms with Gasteiger partial charge in [0, 0.05) is 22.3 Å². The predicted molar refractivity (Wildman–Crippen MR) is 76.9 cm³/mol. The third kappa shape index (κ3) is 3.00. The molecule has 0 saturated heterocycles. The monoisotopic (exact) mass is 312 g/mol. The first kappa shape index (κ1) is 14.6. The lowest BCUT2D eigenvalue weighted by molar-refractivity contribution is 0.0970. The van der Waals surface area contributed by atoms with Crippen molar-refractivity contribution in [3.8, 4) is 0 Å². The van der Waals surface area contributed by atoms with Gasteiger partial charge in [0.1, 0.15) is 0 Å². The van der Waals surface area contributed by atoms with E-state index in [4.69, 9.17) is 23.2 Å². The lowest BCUT2D eigenvalue weighted by Gasteiger charge is -2.07. The largest absolute Gasteiger partial charge is 0.328 e. The molecule has 1 aromatic heterocycles. The van der Waals surface area contributed by atoms with E-state index in [1.54, 1.807) is 13.0 Å². The summed E-state index contributed by atoms with van der Waals surface area (Å²) in [6.07, 6.45) is 1.34. The van der Waals surface area contributed by atoms with Crippen LogP contribution in [0.4, 0.5) is 0 Å². The van der Waals surface area contributed by atoms with Gasteiger partial charge < -0.3 is 0 Å². The Bertz CT molecular complexity index is 793. The number of aromatic amines is 1. The molecule has 0 spiro atoms. The van der Waals surface area contributed by atoms with Gasteiger partial charge in [0.15, 0.2) is 5.78 Å². The fraction of sp³-hybridized carbons (Fsp3) is 0.154. The summed E-state index contributed by atoms with van der Waals surface area (Å²) in [5, 5.41) is 0.639. The first-order chi connectivity index (χ1) is 9.38. The minimum Gasteiger partial charge on any atom is -0.293 e. The molecule has 0 fully saturated rings. The van der Waals surface area contributed by atoms with Gasteiger partial charge in [0.05, 0.1) is 11.6 Å². The van der Waals surface area contributed by atoms with Crippen molar-refractivity contribution in [2.45, 2.75) is 13.5 Å². The molecule has 0 bridgehead atoms. The van der Waals surface area contributed by atoms with Crippen molar-refractivity contribution in [3.05, 3.63) is 66.4 Å². The van der Waals surface area contributed by atoms with E-state index in [0.29, 0.717) is 10.6 Å². The van der Waals surface area contributed by atoms with Crippen LogP contribution < -0.4 is 11.2 Å². The highest BCUT2D eigenvalue weighted by Gasteiger charge is 2.13. The molecule has 20 heavy (non-hydrogen) atoms. The first-order valence-electron chi connectivity index (χ1n) is 5.67. The Labute approximate surface area is 123 Å². The standard InChI is InChI=1S/C13H10Cl2N2O3/c1-7-5-17(13(20)16-12(7)19)6-11(18)9-3-2-8(14)4-10(9)15/h2-5H,6H2,1H3,(H,16,19,20). The maximum Gasteiger partial charge on any atom is 0.328 e. The molecule has 1 aromatic carbocycles. The number of rotatable bonds is 3. The number of aryl methyl sites for hydroxylation is 1. The SMILES string of the molecule is Cc1cn(CC(=O)c2ccc(Cl)cc2Cl)c(=O)[nH]c1=O. The molecule has 0 atom stereocenters. The first-order valence-corrected chi connectivity index (χ1v) is 6.42. The maximum absolute atomic E-state index is 12.1.